The van der Waals surface area contributed by atoms with E-state index in [1.165, 1.54) is 45.9 Å². The molecule has 0 saturated heterocycles. The van der Waals surface area contributed by atoms with Crippen LogP contribution in [0.5, 0.6) is 11.5 Å². The Hall–Kier alpha value is -4.04. The van der Waals surface area contributed by atoms with Crippen LogP contribution < -0.4 is 9.47 Å². The van der Waals surface area contributed by atoms with E-state index >= 15 is 0 Å². The molecule has 0 aromatic heterocycles. The van der Waals surface area contributed by atoms with Gasteiger partial charge in [0, 0.05) is 0 Å². The lowest BCUT2D eigenvalue weighted by Gasteiger charge is -2.42. The van der Waals surface area contributed by atoms with Crippen molar-refractivity contribution in [2.45, 2.75) is 11.8 Å². The Morgan fingerprint density at radius 3 is 1.38 bits per heavy atom. The Balaban J connectivity index is 1.83. The van der Waals surface area contributed by atoms with Gasteiger partial charge in [0.25, 0.3) is 0 Å². The molecule has 0 N–H and O–H groups in total. The molecule has 0 atom stereocenters. The lowest BCUT2D eigenvalue weighted by Crippen LogP contribution is -2.36. The SMILES string of the molecule is C=COc1ccc(C2(c3ccc(OC=C)cc3)c3ccccc3Cc3ccccc32)cc1. The van der Waals surface area contributed by atoms with Gasteiger partial charge in [0.2, 0.25) is 0 Å². The molecule has 4 aromatic carbocycles. The second kappa shape index (κ2) is 8.24. The maximum absolute atomic E-state index is 5.51. The van der Waals surface area contributed by atoms with Crippen molar-refractivity contribution >= 4 is 0 Å². The molecule has 1 aliphatic rings. The van der Waals surface area contributed by atoms with Crippen molar-refractivity contribution in [3.05, 3.63) is 156 Å². The molecule has 32 heavy (non-hydrogen) atoms. The fraction of sp³-hybridized carbons (Fsp3) is 0.0667. The predicted molar refractivity (Wildman–Crippen MR) is 129 cm³/mol. The van der Waals surface area contributed by atoms with Crippen LogP contribution in [0.2, 0.25) is 0 Å². The summed E-state index contributed by atoms with van der Waals surface area (Å²) in [5.41, 5.74) is 7.19. The van der Waals surface area contributed by atoms with Crippen molar-refractivity contribution < 1.29 is 9.47 Å². The molecule has 1 aliphatic carbocycles. The lowest BCUT2D eigenvalue weighted by molar-refractivity contribution is 0.482. The zero-order valence-electron chi connectivity index (χ0n) is 17.8. The van der Waals surface area contributed by atoms with Gasteiger partial charge in [0.15, 0.2) is 0 Å². The van der Waals surface area contributed by atoms with E-state index in [9.17, 15) is 0 Å². The summed E-state index contributed by atoms with van der Waals surface area (Å²) in [5.74, 6) is 1.54. The molecule has 0 heterocycles. The lowest BCUT2D eigenvalue weighted by atomic mass is 9.60. The Morgan fingerprint density at radius 2 is 0.969 bits per heavy atom. The van der Waals surface area contributed by atoms with Gasteiger partial charge in [-0.1, -0.05) is 86.0 Å². The first-order chi connectivity index (χ1) is 15.8. The number of benzene rings is 4. The van der Waals surface area contributed by atoms with Crippen molar-refractivity contribution in [1.82, 2.24) is 0 Å². The quantitative estimate of drug-likeness (QED) is 0.277. The summed E-state index contributed by atoms with van der Waals surface area (Å²) in [5, 5.41) is 0. The van der Waals surface area contributed by atoms with Crippen LogP contribution in [-0.2, 0) is 11.8 Å². The van der Waals surface area contributed by atoms with E-state index in [2.05, 4.69) is 86.0 Å². The largest absolute Gasteiger partial charge is 0.466 e. The maximum Gasteiger partial charge on any atom is 0.126 e. The van der Waals surface area contributed by atoms with Crippen LogP contribution in [0.15, 0.2) is 123 Å². The van der Waals surface area contributed by atoms with Crippen LogP contribution in [0.25, 0.3) is 0 Å². The molecule has 0 aliphatic heterocycles. The summed E-state index contributed by atoms with van der Waals surface area (Å²) >= 11 is 0. The minimum atomic E-state index is -0.454. The van der Waals surface area contributed by atoms with E-state index < -0.39 is 5.41 Å². The van der Waals surface area contributed by atoms with E-state index in [4.69, 9.17) is 9.47 Å². The monoisotopic (exact) mass is 416 g/mol. The third-order valence-electron chi connectivity index (χ3n) is 6.24. The van der Waals surface area contributed by atoms with Crippen LogP contribution in [0, 0.1) is 0 Å². The molecule has 2 nitrogen and oxygen atoms in total. The Labute approximate surface area is 189 Å². The molecule has 5 rings (SSSR count). The zero-order chi connectivity index (χ0) is 22.0. The number of hydrogen-bond donors (Lipinski definition) is 0. The van der Waals surface area contributed by atoms with Crippen LogP contribution in [0.1, 0.15) is 33.4 Å². The molecule has 0 saturated carbocycles. The van der Waals surface area contributed by atoms with Crippen LogP contribution in [0.4, 0.5) is 0 Å². The number of hydrogen-bond acceptors (Lipinski definition) is 2. The normalized spacial score (nSPS) is 13.4. The second-order valence-corrected chi connectivity index (χ2v) is 7.86. The number of fused-ring (bicyclic) bond motifs is 2. The molecule has 0 unspecified atom stereocenters. The molecule has 0 radical (unpaired) electrons. The topological polar surface area (TPSA) is 18.5 Å². The molecular formula is C30H24O2. The summed E-state index contributed by atoms with van der Waals surface area (Å²) in [4.78, 5) is 0. The predicted octanol–water partition coefficient (Wildman–Crippen LogP) is 7.02. The Bertz CT molecular complexity index is 1170. The average molecular weight is 417 g/mol. The number of rotatable bonds is 6. The smallest absolute Gasteiger partial charge is 0.126 e. The van der Waals surface area contributed by atoms with Crippen molar-refractivity contribution in [1.29, 1.82) is 0 Å². The minimum absolute atomic E-state index is 0.454. The van der Waals surface area contributed by atoms with E-state index in [0.29, 0.717) is 0 Å². The van der Waals surface area contributed by atoms with Gasteiger partial charge >= 0.3 is 0 Å². The number of ether oxygens (including phenoxy) is 2. The van der Waals surface area contributed by atoms with Crippen molar-refractivity contribution in [3.63, 3.8) is 0 Å². The van der Waals surface area contributed by atoms with Gasteiger partial charge in [-0.2, -0.15) is 0 Å². The molecule has 2 heteroatoms. The Morgan fingerprint density at radius 1 is 0.562 bits per heavy atom. The summed E-state index contributed by atoms with van der Waals surface area (Å²) in [6, 6.07) is 34.2. The van der Waals surface area contributed by atoms with E-state index in [1.54, 1.807) is 0 Å². The van der Waals surface area contributed by atoms with Crippen LogP contribution in [0.3, 0.4) is 0 Å². The fourth-order valence-corrected chi connectivity index (χ4v) is 4.98. The van der Waals surface area contributed by atoms with E-state index in [0.717, 1.165) is 17.9 Å². The zero-order valence-corrected chi connectivity index (χ0v) is 17.8. The summed E-state index contributed by atoms with van der Waals surface area (Å²) in [6.45, 7) is 7.34. The van der Waals surface area contributed by atoms with Crippen molar-refractivity contribution in [2.75, 3.05) is 0 Å². The van der Waals surface area contributed by atoms with Gasteiger partial charge < -0.3 is 9.47 Å². The highest BCUT2D eigenvalue weighted by Gasteiger charge is 2.43. The van der Waals surface area contributed by atoms with Gasteiger partial charge in [0.1, 0.15) is 11.5 Å². The van der Waals surface area contributed by atoms with Gasteiger partial charge in [-0.3, -0.25) is 0 Å². The van der Waals surface area contributed by atoms with E-state index in [-0.39, 0.29) is 0 Å². The summed E-state index contributed by atoms with van der Waals surface area (Å²) in [7, 11) is 0. The van der Waals surface area contributed by atoms with Gasteiger partial charge in [-0.25, -0.2) is 0 Å². The third-order valence-corrected chi connectivity index (χ3v) is 6.24. The molecule has 0 spiro atoms. The maximum atomic E-state index is 5.51. The van der Waals surface area contributed by atoms with Crippen LogP contribution in [-0.4, -0.2) is 0 Å². The van der Waals surface area contributed by atoms with E-state index in [1.807, 2.05) is 24.3 Å². The average Bonchev–Trinajstić information content (AvgIpc) is 2.84. The standard InChI is InChI=1S/C30H24O2/c1-3-31-26-17-13-24(14-18-26)30(25-15-19-27(20-16-25)32-4-2)28-11-7-5-9-22(28)21-23-10-6-8-12-29(23)30/h3-20H,1-2,21H2. The first-order valence-electron chi connectivity index (χ1n) is 10.7. The molecule has 0 bridgehead atoms. The molecule has 156 valence electrons. The van der Waals surface area contributed by atoms with Crippen molar-refractivity contribution in [3.8, 4) is 11.5 Å². The van der Waals surface area contributed by atoms with Crippen molar-refractivity contribution in [2.24, 2.45) is 0 Å². The second-order valence-electron chi connectivity index (χ2n) is 7.86. The highest BCUT2D eigenvalue weighted by Crippen LogP contribution is 2.51. The first-order valence-corrected chi connectivity index (χ1v) is 10.7. The Kier molecular flexibility index (Phi) is 5.12. The minimum Gasteiger partial charge on any atom is -0.466 e. The first kappa shape index (κ1) is 19.9. The van der Waals surface area contributed by atoms with Gasteiger partial charge in [0.05, 0.1) is 17.9 Å². The molecule has 0 fully saturated rings. The molecule has 0 amide bonds. The highest BCUT2D eigenvalue weighted by molar-refractivity contribution is 5.67. The molecule has 4 aromatic rings. The van der Waals surface area contributed by atoms with Gasteiger partial charge in [-0.15, -0.1) is 0 Å². The highest BCUT2D eigenvalue weighted by atomic mass is 16.5. The van der Waals surface area contributed by atoms with Gasteiger partial charge in [-0.05, 0) is 64.1 Å². The van der Waals surface area contributed by atoms with Crippen LogP contribution >= 0.6 is 0 Å². The fourth-order valence-electron chi connectivity index (χ4n) is 4.98. The summed E-state index contributed by atoms with van der Waals surface area (Å²) < 4.78 is 11.0. The summed E-state index contributed by atoms with van der Waals surface area (Å²) in [6.07, 6.45) is 3.83. The third kappa shape index (κ3) is 3.12. The molecular weight excluding hydrogens is 392 g/mol.